The van der Waals surface area contributed by atoms with Crippen LogP contribution in [0.2, 0.25) is 0 Å². The van der Waals surface area contributed by atoms with E-state index in [-0.39, 0.29) is 17.8 Å². The van der Waals surface area contributed by atoms with Crippen LogP contribution in [0.4, 0.5) is 5.95 Å². The van der Waals surface area contributed by atoms with Crippen molar-refractivity contribution in [3.05, 3.63) is 65.2 Å². The molecule has 1 fully saturated rings. The molecule has 0 saturated carbocycles. The van der Waals surface area contributed by atoms with Gasteiger partial charge < -0.3 is 10.6 Å². The molecular formula is C19H20N6O. The zero-order chi connectivity index (χ0) is 18.3. The average Bonchev–Trinajstić information content (AvgIpc) is 2.92. The van der Waals surface area contributed by atoms with Gasteiger partial charge in [0.25, 0.3) is 5.91 Å². The van der Waals surface area contributed by atoms with E-state index in [2.05, 4.69) is 15.1 Å². The molecule has 26 heavy (non-hydrogen) atoms. The van der Waals surface area contributed by atoms with Gasteiger partial charge in [-0.05, 0) is 50.2 Å². The zero-order valence-electron chi connectivity index (χ0n) is 14.8. The number of carbonyl (C=O) groups excluding carboxylic acids is 1. The predicted molar refractivity (Wildman–Crippen MR) is 98.1 cm³/mol. The van der Waals surface area contributed by atoms with Gasteiger partial charge in [-0.3, -0.25) is 4.79 Å². The summed E-state index contributed by atoms with van der Waals surface area (Å²) < 4.78 is 1.88. The van der Waals surface area contributed by atoms with Crippen molar-refractivity contribution >= 4 is 11.9 Å². The normalized spacial score (nSPS) is 14.3. The molecule has 0 bridgehead atoms. The van der Waals surface area contributed by atoms with E-state index in [1.807, 2.05) is 59.8 Å². The first-order chi connectivity index (χ1) is 12.5. The number of nitrogen functional groups attached to an aromatic ring is 1. The van der Waals surface area contributed by atoms with E-state index >= 15 is 0 Å². The molecule has 3 aromatic rings. The van der Waals surface area contributed by atoms with Gasteiger partial charge in [0.15, 0.2) is 0 Å². The third-order valence-corrected chi connectivity index (χ3v) is 4.65. The summed E-state index contributed by atoms with van der Waals surface area (Å²) in [5.41, 5.74) is 10.2. The predicted octanol–water partition coefficient (Wildman–Crippen LogP) is 2.10. The molecule has 132 valence electrons. The molecule has 1 aromatic carbocycles. The summed E-state index contributed by atoms with van der Waals surface area (Å²) in [6.45, 7) is 5.27. The third-order valence-electron chi connectivity index (χ3n) is 4.65. The number of aryl methyl sites for hydroxylation is 2. The van der Waals surface area contributed by atoms with Gasteiger partial charge in [-0.15, -0.1) is 0 Å². The Labute approximate surface area is 151 Å². The van der Waals surface area contributed by atoms with Crippen LogP contribution in [0.25, 0.3) is 5.69 Å². The molecule has 1 saturated heterocycles. The van der Waals surface area contributed by atoms with Gasteiger partial charge in [0.1, 0.15) is 0 Å². The van der Waals surface area contributed by atoms with Crippen LogP contribution in [0.5, 0.6) is 0 Å². The second-order valence-corrected chi connectivity index (χ2v) is 6.63. The third kappa shape index (κ3) is 2.92. The summed E-state index contributed by atoms with van der Waals surface area (Å²) in [7, 11) is 0. The van der Waals surface area contributed by atoms with Crippen molar-refractivity contribution in [2.75, 3.05) is 18.8 Å². The number of hydrogen-bond acceptors (Lipinski definition) is 5. The number of amides is 1. The Morgan fingerprint density at radius 3 is 2.50 bits per heavy atom. The average molecular weight is 348 g/mol. The highest BCUT2D eigenvalue weighted by atomic mass is 16.2. The Balaban J connectivity index is 1.44. The maximum Gasteiger partial charge on any atom is 0.253 e. The standard InChI is InChI=1S/C19H20N6O/c1-12-9-13(2)25(23-12)16-5-3-14(4-6-16)18(26)24-10-15(11-24)17-7-8-21-19(20)22-17/h3-9,15H,10-11H2,1-2H3,(H2,20,21,22). The molecule has 0 spiro atoms. The first kappa shape index (κ1) is 16.3. The quantitative estimate of drug-likeness (QED) is 0.783. The molecule has 3 heterocycles. The first-order valence-corrected chi connectivity index (χ1v) is 8.52. The van der Waals surface area contributed by atoms with Crippen LogP contribution in [0.15, 0.2) is 42.6 Å². The van der Waals surface area contributed by atoms with Crippen LogP contribution in [0.1, 0.15) is 33.4 Å². The molecule has 2 N–H and O–H groups in total. The monoisotopic (exact) mass is 348 g/mol. The van der Waals surface area contributed by atoms with Crippen molar-refractivity contribution in [3.8, 4) is 5.69 Å². The zero-order valence-corrected chi connectivity index (χ0v) is 14.8. The van der Waals surface area contributed by atoms with E-state index < -0.39 is 0 Å². The van der Waals surface area contributed by atoms with Crippen LogP contribution in [0.3, 0.4) is 0 Å². The van der Waals surface area contributed by atoms with Crippen LogP contribution >= 0.6 is 0 Å². The molecule has 1 aliphatic rings. The van der Waals surface area contributed by atoms with Gasteiger partial charge in [-0.2, -0.15) is 5.10 Å². The molecule has 2 aromatic heterocycles. The molecule has 0 atom stereocenters. The number of benzene rings is 1. The van der Waals surface area contributed by atoms with E-state index in [0.717, 1.165) is 22.8 Å². The number of aromatic nitrogens is 4. The lowest BCUT2D eigenvalue weighted by Gasteiger charge is -2.39. The summed E-state index contributed by atoms with van der Waals surface area (Å²) >= 11 is 0. The van der Waals surface area contributed by atoms with Crippen molar-refractivity contribution in [1.82, 2.24) is 24.6 Å². The number of rotatable bonds is 3. The highest BCUT2D eigenvalue weighted by molar-refractivity contribution is 5.95. The molecule has 0 aliphatic carbocycles. The van der Waals surface area contributed by atoms with E-state index in [0.29, 0.717) is 18.7 Å². The van der Waals surface area contributed by atoms with Crippen molar-refractivity contribution in [1.29, 1.82) is 0 Å². The summed E-state index contributed by atoms with van der Waals surface area (Å²) in [6, 6.07) is 11.4. The fourth-order valence-electron chi connectivity index (χ4n) is 3.27. The minimum atomic E-state index is 0.0307. The molecule has 0 unspecified atom stereocenters. The smallest absolute Gasteiger partial charge is 0.253 e. The van der Waals surface area contributed by atoms with Crippen LogP contribution < -0.4 is 5.73 Å². The van der Waals surface area contributed by atoms with Crippen molar-refractivity contribution in [2.24, 2.45) is 0 Å². The van der Waals surface area contributed by atoms with Gasteiger partial charge in [0.2, 0.25) is 5.95 Å². The number of nitrogens with two attached hydrogens (primary N) is 1. The lowest BCUT2D eigenvalue weighted by atomic mass is 9.95. The van der Waals surface area contributed by atoms with E-state index in [9.17, 15) is 4.79 Å². The van der Waals surface area contributed by atoms with Gasteiger partial charge in [0, 0.05) is 36.5 Å². The second kappa shape index (κ2) is 6.25. The van der Waals surface area contributed by atoms with Crippen LogP contribution in [-0.4, -0.2) is 43.6 Å². The number of nitrogens with zero attached hydrogens (tertiary/aromatic N) is 5. The SMILES string of the molecule is Cc1cc(C)n(-c2ccc(C(=O)N3CC(c4ccnc(N)n4)C3)cc2)n1. The summed E-state index contributed by atoms with van der Waals surface area (Å²) in [4.78, 5) is 22.6. The van der Waals surface area contributed by atoms with Gasteiger partial charge >= 0.3 is 0 Å². The van der Waals surface area contributed by atoms with Gasteiger partial charge in [-0.25, -0.2) is 14.6 Å². The van der Waals surface area contributed by atoms with Gasteiger partial charge in [0.05, 0.1) is 17.1 Å². The molecule has 7 heteroatoms. The molecule has 1 amide bonds. The molecule has 7 nitrogen and oxygen atoms in total. The lowest BCUT2D eigenvalue weighted by Crippen LogP contribution is -2.48. The van der Waals surface area contributed by atoms with E-state index in [1.54, 1.807) is 6.20 Å². The summed E-state index contributed by atoms with van der Waals surface area (Å²) in [5.74, 6) is 0.522. The Hall–Kier alpha value is -3.22. The van der Waals surface area contributed by atoms with Crippen molar-refractivity contribution in [2.45, 2.75) is 19.8 Å². The fourth-order valence-corrected chi connectivity index (χ4v) is 3.27. The van der Waals surface area contributed by atoms with E-state index in [4.69, 9.17) is 5.73 Å². The number of hydrogen-bond donors (Lipinski definition) is 1. The van der Waals surface area contributed by atoms with Crippen molar-refractivity contribution < 1.29 is 4.79 Å². The highest BCUT2D eigenvalue weighted by Crippen LogP contribution is 2.27. The molecular weight excluding hydrogens is 328 g/mol. The van der Waals surface area contributed by atoms with Gasteiger partial charge in [-0.1, -0.05) is 0 Å². The van der Waals surface area contributed by atoms with E-state index in [1.165, 1.54) is 0 Å². The van der Waals surface area contributed by atoms with Crippen LogP contribution in [0, 0.1) is 13.8 Å². The van der Waals surface area contributed by atoms with Crippen molar-refractivity contribution in [3.63, 3.8) is 0 Å². The fraction of sp³-hybridized carbons (Fsp3) is 0.263. The highest BCUT2D eigenvalue weighted by Gasteiger charge is 2.33. The Morgan fingerprint density at radius 2 is 1.88 bits per heavy atom. The summed E-state index contributed by atoms with van der Waals surface area (Å²) in [5, 5.41) is 4.47. The Morgan fingerprint density at radius 1 is 1.15 bits per heavy atom. The lowest BCUT2D eigenvalue weighted by molar-refractivity contribution is 0.0599. The Bertz CT molecular complexity index is 956. The maximum absolute atomic E-state index is 12.6. The molecule has 4 rings (SSSR count). The first-order valence-electron chi connectivity index (χ1n) is 8.52. The minimum Gasteiger partial charge on any atom is -0.368 e. The topological polar surface area (TPSA) is 89.9 Å². The number of likely N-dealkylation sites (tertiary alicyclic amines) is 1. The molecule has 0 radical (unpaired) electrons. The second-order valence-electron chi connectivity index (χ2n) is 6.63. The maximum atomic E-state index is 12.6. The van der Waals surface area contributed by atoms with Crippen LogP contribution in [-0.2, 0) is 0 Å². The largest absolute Gasteiger partial charge is 0.368 e. The molecule has 1 aliphatic heterocycles. The summed E-state index contributed by atoms with van der Waals surface area (Å²) in [6.07, 6.45) is 1.65. The minimum absolute atomic E-state index is 0.0307. The Kier molecular flexibility index (Phi) is 3.91. The number of carbonyl (C=O) groups is 1. The number of anilines is 1.